The highest BCUT2D eigenvalue weighted by molar-refractivity contribution is 6.07. The maximum Gasteiger partial charge on any atom is 0.249 e. The number of ether oxygens (including phenoxy) is 1. The summed E-state index contributed by atoms with van der Waals surface area (Å²) in [4.78, 5) is 18.3. The van der Waals surface area contributed by atoms with Crippen LogP contribution >= 0.6 is 0 Å². The average Bonchev–Trinajstić information content (AvgIpc) is 2.86. The van der Waals surface area contributed by atoms with Gasteiger partial charge in [-0.05, 0) is 38.0 Å². The molecule has 0 bridgehead atoms. The van der Waals surface area contributed by atoms with Gasteiger partial charge in [-0.1, -0.05) is 19.3 Å². The molecule has 6 nitrogen and oxygen atoms in total. The van der Waals surface area contributed by atoms with Crippen molar-refractivity contribution in [2.24, 2.45) is 4.99 Å². The Morgan fingerprint density at radius 3 is 2.92 bits per heavy atom. The minimum atomic E-state index is -0.180. The van der Waals surface area contributed by atoms with Crippen molar-refractivity contribution in [3.63, 3.8) is 0 Å². The Hall–Kier alpha value is -2.08. The predicted octanol–water partition coefficient (Wildman–Crippen LogP) is 2.33. The fraction of sp³-hybridized carbons (Fsp3) is 0.556. The molecule has 0 aromatic heterocycles. The number of hydrogen-bond donors (Lipinski definition) is 2. The monoisotopic (exact) mass is 331 g/mol. The van der Waals surface area contributed by atoms with E-state index in [1.807, 2.05) is 30.0 Å². The molecule has 0 saturated carbocycles. The van der Waals surface area contributed by atoms with Crippen LogP contribution in [0.25, 0.3) is 0 Å². The van der Waals surface area contributed by atoms with Gasteiger partial charge in [-0.25, -0.2) is 4.99 Å². The molecule has 1 saturated heterocycles. The molecule has 2 aliphatic rings. The van der Waals surface area contributed by atoms with Crippen LogP contribution in [-0.2, 0) is 11.3 Å². The molecule has 2 heterocycles. The van der Waals surface area contributed by atoms with Crippen molar-refractivity contribution >= 4 is 17.6 Å². The van der Waals surface area contributed by atoms with Crippen LogP contribution < -0.4 is 10.1 Å². The van der Waals surface area contributed by atoms with E-state index in [1.165, 1.54) is 0 Å². The Bertz CT molecular complexity index is 630. The fourth-order valence-electron chi connectivity index (χ4n) is 3.03. The van der Waals surface area contributed by atoms with Crippen LogP contribution in [0.15, 0.2) is 23.2 Å². The van der Waals surface area contributed by atoms with Gasteiger partial charge in [-0.2, -0.15) is 0 Å². The molecule has 1 atom stereocenters. The van der Waals surface area contributed by atoms with E-state index in [9.17, 15) is 4.79 Å². The van der Waals surface area contributed by atoms with Gasteiger partial charge in [-0.15, -0.1) is 0 Å². The standard InChI is InChI=1S/C18H25N3O3/c1-13-17(23)20-18-19-16-8-7-15(11-14(16)12-21(13)18)24-10-6-4-2-3-5-9-22/h7-8,11,13,22H,2-6,9-10,12H2,1H3,(H,19,20,23). The topological polar surface area (TPSA) is 74.2 Å². The first kappa shape index (κ1) is 16.8. The van der Waals surface area contributed by atoms with E-state index in [1.54, 1.807) is 0 Å². The number of unbranched alkanes of at least 4 members (excludes halogenated alkanes) is 4. The molecule has 0 aliphatic carbocycles. The second-order valence-corrected chi connectivity index (χ2v) is 6.36. The average molecular weight is 331 g/mol. The van der Waals surface area contributed by atoms with Crippen molar-refractivity contribution in [1.29, 1.82) is 0 Å². The Kier molecular flexibility index (Phi) is 5.35. The van der Waals surface area contributed by atoms with Crippen molar-refractivity contribution in [1.82, 2.24) is 10.2 Å². The van der Waals surface area contributed by atoms with Crippen molar-refractivity contribution < 1.29 is 14.6 Å². The number of rotatable bonds is 8. The van der Waals surface area contributed by atoms with Gasteiger partial charge < -0.3 is 14.7 Å². The Morgan fingerprint density at radius 2 is 2.08 bits per heavy atom. The third-order valence-electron chi connectivity index (χ3n) is 4.54. The van der Waals surface area contributed by atoms with Gasteiger partial charge in [-0.3, -0.25) is 10.1 Å². The van der Waals surface area contributed by atoms with Crippen LogP contribution in [0.2, 0.25) is 0 Å². The predicted molar refractivity (Wildman–Crippen MR) is 92.4 cm³/mol. The number of nitrogens with one attached hydrogen (secondary N) is 1. The highest BCUT2D eigenvalue weighted by Crippen LogP contribution is 2.31. The maximum atomic E-state index is 11.8. The number of guanidine groups is 1. The summed E-state index contributed by atoms with van der Waals surface area (Å²) < 4.78 is 5.84. The molecule has 1 aromatic rings. The summed E-state index contributed by atoms with van der Waals surface area (Å²) in [5, 5.41) is 11.6. The van der Waals surface area contributed by atoms with Gasteiger partial charge in [0.2, 0.25) is 11.9 Å². The summed E-state index contributed by atoms with van der Waals surface area (Å²) in [6.07, 6.45) is 5.25. The summed E-state index contributed by atoms with van der Waals surface area (Å²) in [7, 11) is 0. The number of aliphatic imine (C=N–C) groups is 1. The molecule has 1 unspecified atom stereocenters. The molecule has 2 aliphatic heterocycles. The Balaban J connectivity index is 1.52. The molecule has 3 rings (SSSR count). The second-order valence-electron chi connectivity index (χ2n) is 6.36. The molecular weight excluding hydrogens is 306 g/mol. The smallest absolute Gasteiger partial charge is 0.249 e. The van der Waals surface area contributed by atoms with E-state index in [0.29, 0.717) is 19.1 Å². The van der Waals surface area contributed by atoms with E-state index in [2.05, 4.69) is 10.3 Å². The molecule has 0 spiro atoms. The molecule has 1 amide bonds. The zero-order valence-electron chi connectivity index (χ0n) is 14.1. The zero-order valence-corrected chi connectivity index (χ0v) is 14.1. The minimum absolute atomic E-state index is 0.000715. The first-order valence-electron chi connectivity index (χ1n) is 8.72. The lowest BCUT2D eigenvalue weighted by atomic mass is 10.1. The zero-order chi connectivity index (χ0) is 16.9. The van der Waals surface area contributed by atoms with Crippen LogP contribution in [0.3, 0.4) is 0 Å². The minimum Gasteiger partial charge on any atom is -0.494 e. The number of hydrogen-bond acceptors (Lipinski definition) is 5. The largest absolute Gasteiger partial charge is 0.494 e. The summed E-state index contributed by atoms with van der Waals surface area (Å²) >= 11 is 0. The van der Waals surface area contributed by atoms with Gasteiger partial charge in [0.1, 0.15) is 11.8 Å². The van der Waals surface area contributed by atoms with Gasteiger partial charge >= 0.3 is 0 Å². The first-order valence-corrected chi connectivity index (χ1v) is 8.72. The number of amides is 1. The number of aliphatic hydroxyl groups is 1. The Morgan fingerprint density at radius 1 is 1.29 bits per heavy atom. The normalized spacial score (nSPS) is 18.8. The molecule has 0 radical (unpaired) electrons. The van der Waals surface area contributed by atoms with Crippen molar-refractivity contribution in [3.8, 4) is 5.75 Å². The lowest BCUT2D eigenvalue weighted by Crippen LogP contribution is -2.35. The lowest BCUT2D eigenvalue weighted by molar-refractivity contribution is -0.121. The number of aliphatic hydroxyl groups excluding tert-OH is 1. The van der Waals surface area contributed by atoms with E-state index in [4.69, 9.17) is 9.84 Å². The molecule has 24 heavy (non-hydrogen) atoms. The number of carbonyl (C=O) groups is 1. The maximum absolute atomic E-state index is 11.8. The van der Waals surface area contributed by atoms with Gasteiger partial charge in [0.25, 0.3) is 0 Å². The third-order valence-corrected chi connectivity index (χ3v) is 4.54. The third kappa shape index (κ3) is 3.70. The van der Waals surface area contributed by atoms with Crippen LogP contribution in [0, 0.1) is 0 Å². The van der Waals surface area contributed by atoms with E-state index >= 15 is 0 Å². The summed E-state index contributed by atoms with van der Waals surface area (Å²) in [6.45, 7) is 3.55. The van der Waals surface area contributed by atoms with Crippen molar-refractivity contribution in [2.45, 2.75) is 51.6 Å². The number of carbonyl (C=O) groups excluding carboxylic acids is 1. The van der Waals surface area contributed by atoms with Gasteiger partial charge in [0.15, 0.2) is 0 Å². The molecule has 2 N–H and O–H groups in total. The number of benzene rings is 1. The molecule has 130 valence electrons. The fourth-order valence-corrected chi connectivity index (χ4v) is 3.03. The second kappa shape index (κ2) is 7.66. The highest BCUT2D eigenvalue weighted by Gasteiger charge is 2.35. The molecule has 6 heteroatoms. The SMILES string of the molecule is CC1C(=O)NC2=Nc3ccc(OCCCCCCCO)cc3CN21. The molecule has 1 fully saturated rings. The summed E-state index contributed by atoms with van der Waals surface area (Å²) in [5.74, 6) is 1.50. The summed E-state index contributed by atoms with van der Waals surface area (Å²) in [6, 6.07) is 5.73. The van der Waals surface area contributed by atoms with E-state index in [0.717, 1.165) is 49.1 Å². The summed E-state index contributed by atoms with van der Waals surface area (Å²) in [5.41, 5.74) is 1.98. The lowest BCUT2D eigenvalue weighted by Gasteiger charge is -2.26. The molecule has 1 aromatic carbocycles. The first-order chi connectivity index (χ1) is 11.7. The molecular formula is C18H25N3O3. The number of nitrogens with zero attached hydrogens (tertiary/aromatic N) is 2. The number of fused-ring (bicyclic) bond motifs is 2. The highest BCUT2D eigenvalue weighted by atomic mass is 16.5. The van der Waals surface area contributed by atoms with Crippen LogP contribution in [-0.4, -0.2) is 41.1 Å². The van der Waals surface area contributed by atoms with Crippen molar-refractivity contribution in [2.75, 3.05) is 13.2 Å². The van der Waals surface area contributed by atoms with Crippen LogP contribution in [0.1, 0.15) is 44.6 Å². The van der Waals surface area contributed by atoms with Crippen LogP contribution in [0.4, 0.5) is 5.69 Å². The van der Waals surface area contributed by atoms with Crippen LogP contribution in [0.5, 0.6) is 5.75 Å². The van der Waals surface area contributed by atoms with Crippen molar-refractivity contribution in [3.05, 3.63) is 23.8 Å². The van der Waals surface area contributed by atoms with E-state index in [-0.39, 0.29) is 18.6 Å². The van der Waals surface area contributed by atoms with Gasteiger partial charge in [0.05, 0.1) is 12.3 Å². The van der Waals surface area contributed by atoms with E-state index < -0.39 is 0 Å². The quantitative estimate of drug-likeness (QED) is 0.717. The van der Waals surface area contributed by atoms with Gasteiger partial charge in [0, 0.05) is 18.7 Å². The Labute approximate surface area is 142 Å².